The third kappa shape index (κ3) is 23.4. The molecule has 0 unspecified atom stereocenters. The Hall–Kier alpha value is -0.610. The molecule has 0 aliphatic heterocycles. The number of hydrogen-bond acceptors (Lipinski definition) is 4. The van der Waals surface area contributed by atoms with Crippen molar-refractivity contribution in [2.45, 2.75) is 117 Å². The lowest BCUT2D eigenvalue weighted by Gasteiger charge is -2.07. The van der Waals surface area contributed by atoms with Gasteiger partial charge in [-0.3, -0.25) is 4.79 Å². The van der Waals surface area contributed by atoms with Crippen LogP contribution in [0.1, 0.15) is 117 Å². The summed E-state index contributed by atoms with van der Waals surface area (Å²) in [5.41, 5.74) is 0. The van der Waals surface area contributed by atoms with Gasteiger partial charge in [-0.2, -0.15) is 0 Å². The molecule has 0 aromatic carbocycles. The standard InChI is InChI=1S/C24H48O4/c1-3-5-7-9-11-12-13-14-16-18-24(25)28-23-22-27-21-20-26-19-17-15-10-8-6-4-2/h3-23H2,1-2H3. The van der Waals surface area contributed by atoms with Crippen molar-refractivity contribution in [3.05, 3.63) is 0 Å². The Labute approximate surface area is 175 Å². The number of unbranched alkanes of at least 4 members (excludes halogenated alkanes) is 13. The monoisotopic (exact) mass is 400 g/mol. The highest BCUT2D eigenvalue weighted by atomic mass is 16.6. The smallest absolute Gasteiger partial charge is 0.305 e. The summed E-state index contributed by atoms with van der Waals surface area (Å²) >= 11 is 0. The van der Waals surface area contributed by atoms with Crippen molar-refractivity contribution in [1.82, 2.24) is 0 Å². The van der Waals surface area contributed by atoms with Crippen LogP contribution in [-0.4, -0.2) is 39.0 Å². The Morgan fingerprint density at radius 2 is 0.929 bits per heavy atom. The molecule has 0 radical (unpaired) electrons. The first kappa shape index (κ1) is 27.4. The van der Waals surface area contributed by atoms with Crippen LogP contribution in [0.3, 0.4) is 0 Å². The number of carbonyl (C=O) groups excluding carboxylic acids is 1. The maximum Gasteiger partial charge on any atom is 0.305 e. The van der Waals surface area contributed by atoms with Gasteiger partial charge in [0.05, 0.1) is 19.8 Å². The Morgan fingerprint density at radius 1 is 0.500 bits per heavy atom. The molecule has 0 aliphatic rings. The van der Waals surface area contributed by atoms with Crippen LogP contribution in [0.4, 0.5) is 0 Å². The largest absolute Gasteiger partial charge is 0.463 e. The maximum absolute atomic E-state index is 11.6. The van der Waals surface area contributed by atoms with Crippen LogP contribution >= 0.6 is 0 Å². The molecule has 0 rings (SSSR count). The van der Waals surface area contributed by atoms with Gasteiger partial charge in [0.25, 0.3) is 0 Å². The zero-order valence-electron chi connectivity index (χ0n) is 19.0. The summed E-state index contributed by atoms with van der Waals surface area (Å²) in [4.78, 5) is 11.6. The third-order valence-electron chi connectivity index (χ3n) is 4.99. The molecule has 168 valence electrons. The molecule has 0 spiro atoms. The van der Waals surface area contributed by atoms with Crippen molar-refractivity contribution >= 4 is 5.97 Å². The van der Waals surface area contributed by atoms with Gasteiger partial charge < -0.3 is 14.2 Å². The molecule has 0 amide bonds. The van der Waals surface area contributed by atoms with E-state index in [0.717, 1.165) is 25.9 Å². The molecule has 0 saturated heterocycles. The summed E-state index contributed by atoms with van der Waals surface area (Å²) < 4.78 is 16.2. The van der Waals surface area contributed by atoms with E-state index in [2.05, 4.69) is 13.8 Å². The van der Waals surface area contributed by atoms with Gasteiger partial charge in [-0.25, -0.2) is 0 Å². The first-order valence-electron chi connectivity index (χ1n) is 12.1. The van der Waals surface area contributed by atoms with Gasteiger partial charge in [0.1, 0.15) is 6.61 Å². The van der Waals surface area contributed by atoms with Crippen LogP contribution in [0, 0.1) is 0 Å². The Balaban J connectivity index is 3.13. The molecule has 0 N–H and O–H groups in total. The van der Waals surface area contributed by atoms with Gasteiger partial charge in [0.15, 0.2) is 0 Å². The first-order chi connectivity index (χ1) is 13.8. The summed E-state index contributed by atoms with van der Waals surface area (Å²) in [6.45, 7) is 7.33. The second-order valence-corrected chi connectivity index (χ2v) is 7.79. The van der Waals surface area contributed by atoms with Crippen molar-refractivity contribution in [2.24, 2.45) is 0 Å². The van der Waals surface area contributed by atoms with E-state index in [0.29, 0.717) is 32.8 Å². The van der Waals surface area contributed by atoms with Gasteiger partial charge in [-0.1, -0.05) is 97.3 Å². The number of esters is 1. The molecule has 0 fully saturated rings. The second-order valence-electron chi connectivity index (χ2n) is 7.79. The van der Waals surface area contributed by atoms with Gasteiger partial charge in [0, 0.05) is 13.0 Å². The maximum atomic E-state index is 11.6. The van der Waals surface area contributed by atoms with Crippen molar-refractivity contribution in [3.63, 3.8) is 0 Å². The fraction of sp³-hybridized carbons (Fsp3) is 0.958. The topological polar surface area (TPSA) is 44.8 Å². The molecular weight excluding hydrogens is 352 g/mol. The normalized spacial score (nSPS) is 11.1. The SMILES string of the molecule is CCCCCCCCCCCC(=O)OCCOCCOCCCCCCCC. The van der Waals surface area contributed by atoms with E-state index in [1.54, 1.807) is 0 Å². The quantitative estimate of drug-likeness (QED) is 0.139. The predicted octanol–water partition coefficient (Wildman–Crippen LogP) is 6.84. The Bertz CT molecular complexity index is 307. The fourth-order valence-electron chi connectivity index (χ4n) is 3.17. The lowest BCUT2D eigenvalue weighted by molar-refractivity contribution is -0.145. The molecule has 0 bridgehead atoms. The van der Waals surface area contributed by atoms with E-state index >= 15 is 0 Å². The van der Waals surface area contributed by atoms with Gasteiger partial charge in [-0.15, -0.1) is 0 Å². The summed E-state index contributed by atoms with van der Waals surface area (Å²) in [5, 5.41) is 0. The van der Waals surface area contributed by atoms with Crippen LogP contribution in [0.25, 0.3) is 0 Å². The van der Waals surface area contributed by atoms with Crippen molar-refractivity contribution in [3.8, 4) is 0 Å². The van der Waals surface area contributed by atoms with Crippen LogP contribution in [-0.2, 0) is 19.0 Å². The fourth-order valence-corrected chi connectivity index (χ4v) is 3.17. The highest BCUT2D eigenvalue weighted by Crippen LogP contribution is 2.10. The van der Waals surface area contributed by atoms with E-state index in [9.17, 15) is 4.79 Å². The summed E-state index contributed by atoms with van der Waals surface area (Å²) in [7, 11) is 0. The van der Waals surface area contributed by atoms with E-state index in [-0.39, 0.29) is 5.97 Å². The third-order valence-corrected chi connectivity index (χ3v) is 4.99. The lowest BCUT2D eigenvalue weighted by atomic mass is 10.1. The minimum atomic E-state index is -0.0918. The number of carbonyl (C=O) groups is 1. The Morgan fingerprint density at radius 3 is 1.50 bits per heavy atom. The predicted molar refractivity (Wildman–Crippen MR) is 118 cm³/mol. The van der Waals surface area contributed by atoms with Crippen molar-refractivity contribution in [1.29, 1.82) is 0 Å². The average Bonchev–Trinajstić information content (AvgIpc) is 2.70. The summed E-state index contributed by atoms with van der Waals surface area (Å²) in [6.07, 6.45) is 19.6. The minimum absolute atomic E-state index is 0.0918. The first-order valence-corrected chi connectivity index (χ1v) is 12.1. The molecule has 0 aromatic rings. The van der Waals surface area contributed by atoms with E-state index < -0.39 is 0 Å². The molecule has 0 heterocycles. The summed E-state index contributed by atoms with van der Waals surface area (Å²) in [5.74, 6) is -0.0918. The van der Waals surface area contributed by atoms with Crippen LogP contribution in [0.2, 0.25) is 0 Å². The number of ether oxygens (including phenoxy) is 3. The minimum Gasteiger partial charge on any atom is -0.463 e. The zero-order chi connectivity index (χ0) is 20.5. The molecule has 0 aromatic heterocycles. The zero-order valence-corrected chi connectivity index (χ0v) is 19.0. The number of rotatable bonds is 23. The highest BCUT2D eigenvalue weighted by molar-refractivity contribution is 5.69. The molecule has 0 atom stereocenters. The van der Waals surface area contributed by atoms with Gasteiger partial charge in [0.2, 0.25) is 0 Å². The molecule has 4 nitrogen and oxygen atoms in total. The molecule has 4 heteroatoms. The van der Waals surface area contributed by atoms with Crippen LogP contribution in [0.5, 0.6) is 0 Å². The molecule has 28 heavy (non-hydrogen) atoms. The molecular formula is C24H48O4. The summed E-state index contributed by atoms with van der Waals surface area (Å²) in [6, 6.07) is 0. The Kier molecular flexibility index (Phi) is 23.9. The van der Waals surface area contributed by atoms with Crippen molar-refractivity contribution in [2.75, 3.05) is 33.0 Å². The van der Waals surface area contributed by atoms with E-state index in [1.165, 1.54) is 77.0 Å². The van der Waals surface area contributed by atoms with E-state index in [4.69, 9.17) is 14.2 Å². The lowest BCUT2D eigenvalue weighted by Crippen LogP contribution is -2.13. The average molecular weight is 401 g/mol. The second kappa shape index (κ2) is 24.4. The molecule has 0 saturated carbocycles. The number of hydrogen-bond donors (Lipinski definition) is 0. The highest BCUT2D eigenvalue weighted by Gasteiger charge is 2.02. The van der Waals surface area contributed by atoms with Crippen molar-refractivity contribution < 1.29 is 19.0 Å². The van der Waals surface area contributed by atoms with Gasteiger partial charge in [-0.05, 0) is 12.8 Å². The van der Waals surface area contributed by atoms with Gasteiger partial charge >= 0.3 is 5.97 Å². The van der Waals surface area contributed by atoms with Crippen LogP contribution in [0.15, 0.2) is 0 Å². The van der Waals surface area contributed by atoms with Crippen LogP contribution < -0.4 is 0 Å². The van der Waals surface area contributed by atoms with E-state index in [1.807, 2.05) is 0 Å². The molecule has 0 aliphatic carbocycles.